The van der Waals surface area contributed by atoms with Gasteiger partial charge in [0.2, 0.25) is 0 Å². The second-order valence-corrected chi connectivity index (χ2v) is 8.15. The van der Waals surface area contributed by atoms with Crippen LogP contribution in [0.25, 0.3) is 0 Å². The number of allylic oxidation sites excluding steroid dienone is 1. The highest BCUT2D eigenvalue weighted by Crippen LogP contribution is 2.38. The highest BCUT2D eigenvalue weighted by atomic mass is 32.2. The normalized spacial score (nSPS) is 41.9. The Morgan fingerprint density at radius 2 is 2.35 bits per heavy atom. The molecule has 4 unspecified atom stereocenters. The van der Waals surface area contributed by atoms with Gasteiger partial charge in [0.1, 0.15) is 0 Å². The van der Waals surface area contributed by atoms with E-state index in [1.807, 2.05) is 0 Å². The molecular weight excluding hydrogens is 266 g/mol. The van der Waals surface area contributed by atoms with Crippen LogP contribution in [0.15, 0.2) is 11.6 Å². The van der Waals surface area contributed by atoms with Crippen LogP contribution in [-0.2, 0) is 4.74 Å². The van der Waals surface area contributed by atoms with Crippen molar-refractivity contribution in [1.29, 1.82) is 0 Å². The van der Waals surface area contributed by atoms with Crippen molar-refractivity contribution in [2.45, 2.75) is 57.6 Å². The van der Waals surface area contributed by atoms with Crippen molar-refractivity contribution < 1.29 is 4.74 Å². The molecule has 2 heterocycles. The monoisotopic (exact) mass is 295 g/mol. The average molecular weight is 295 g/mol. The summed E-state index contributed by atoms with van der Waals surface area (Å²) in [5.41, 5.74) is 1.82. The first-order valence-electron chi connectivity index (χ1n) is 8.30. The van der Waals surface area contributed by atoms with E-state index in [-0.39, 0.29) is 5.60 Å². The highest BCUT2D eigenvalue weighted by Gasteiger charge is 2.40. The Morgan fingerprint density at radius 3 is 3.10 bits per heavy atom. The molecule has 3 aliphatic rings. The average Bonchev–Trinajstić information content (AvgIpc) is 2.86. The van der Waals surface area contributed by atoms with Gasteiger partial charge in [-0.3, -0.25) is 0 Å². The van der Waals surface area contributed by atoms with Gasteiger partial charge in [-0.15, -0.1) is 0 Å². The lowest BCUT2D eigenvalue weighted by atomic mass is 9.79. The molecule has 1 aliphatic carbocycles. The van der Waals surface area contributed by atoms with E-state index in [0.29, 0.717) is 6.04 Å². The number of hydrogen-bond donors (Lipinski definition) is 1. The summed E-state index contributed by atoms with van der Waals surface area (Å²) in [7, 11) is 0. The lowest BCUT2D eigenvalue weighted by Crippen LogP contribution is -2.48. The largest absolute Gasteiger partial charge is 0.374 e. The zero-order chi connectivity index (χ0) is 14.0. The van der Waals surface area contributed by atoms with Crippen molar-refractivity contribution in [3.63, 3.8) is 0 Å². The molecule has 0 aromatic heterocycles. The maximum Gasteiger partial charge on any atom is 0.0795 e. The molecule has 0 saturated carbocycles. The molecule has 3 heteroatoms. The van der Waals surface area contributed by atoms with Gasteiger partial charge in [-0.1, -0.05) is 18.6 Å². The smallest absolute Gasteiger partial charge is 0.0795 e. The minimum absolute atomic E-state index is 0.212. The van der Waals surface area contributed by atoms with Crippen LogP contribution in [-0.4, -0.2) is 36.3 Å². The van der Waals surface area contributed by atoms with E-state index >= 15 is 0 Å². The second kappa shape index (κ2) is 6.41. The third kappa shape index (κ3) is 3.26. The standard InChI is InChI=1S/C17H29NOS/c1-13-4-3-5-14(2)16(13)11-18-15-6-8-19-17(10-15)7-9-20-12-17/h4,14-16,18H,3,5-12H2,1-2H3. The molecule has 0 radical (unpaired) electrons. The highest BCUT2D eigenvalue weighted by molar-refractivity contribution is 7.99. The van der Waals surface area contributed by atoms with Crippen molar-refractivity contribution >= 4 is 11.8 Å². The predicted octanol–water partition coefficient (Wildman–Crippen LogP) is 3.62. The van der Waals surface area contributed by atoms with Gasteiger partial charge >= 0.3 is 0 Å². The Hall–Kier alpha value is 0.0100. The zero-order valence-electron chi connectivity index (χ0n) is 13.0. The van der Waals surface area contributed by atoms with Gasteiger partial charge in [0.05, 0.1) is 5.60 Å². The second-order valence-electron chi connectivity index (χ2n) is 7.04. The van der Waals surface area contributed by atoms with Gasteiger partial charge in [-0.2, -0.15) is 11.8 Å². The summed E-state index contributed by atoms with van der Waals surface area (Å²) in [6.07, 6.45) is 8.76. The topological polar surface area (TPSA) is 21.3 Å². The quantitative estimate of drug-likeness (QED) is 0.804. The van der Waals surface area contributed by atoms with Crippen molar-refractivity contribution in [2.24, 2.45) is 11.8 Å². The first-order chi connectivity index (χ1) is 9.69. The first-order valence-corrected chi connectivity index (χ1v) is 9.46. The summed E-state index contributed by atoms with van der Waals surface area (Å²) in [6.45, 7) is 6.85. The number of ether oxygens (including phenoxy) is 1. The Labute approximate surface area is 128 Å². The van der Waals surface area contributed by atoms with Crippen molar-refractivity contribution in [3.05, 3.63) is 11.6 Å². The van der Waals surface area contributed by atoms with Crippen LogP contribution >= 0.6 is 11.8 Å². The molecule has 114 valence electrons. The summed E-state index contributed by atoms with van der Waals surface area (Å²) in [6, 6.07) is 0.671. The van der Waals surface area contributed by atoms with E-state index in [1.54, 1.807) is 5.57 Å². The van der Waals surface area contributed by atoms with E-state index in [0.717, 1.165) is 25.0 Å². The number of thioether (sulfide) groups is 1. The SMILES string of the molecule is CC1=CCCC(C)C1CNC1CCOC2(CCSC2)C1. The van der Waals surface area contributed by atoms with Crippen LogP contribution in [0, 0.1) is 11.8 Å². The van der Waals surface area contributed by atoms with Gasteiger partial charge in [0.25, 0.3) is 0 Å². The van der Waals surface area contributed by atoms with Gasteiger partial charge in [-0.05, 0) is 56.6 Å². The Kier molecular flexibility index (Phi) is 4.79. The number of rotatable bonds is 3. The van der Waals surface area contributed by atoms with Gasteiger partial charge in [-0.25, -0.2) is 0 Å². The maximum absolute atomic E-state index is 6.12. The van der Waals surface area contributed by atoms with Crippen LogP contribution in [0.5, 0.6) is 0 Å². The fraction of sp³-hybridized carbons (Fsp3) is 0.882. The summed E-state index contributed by atoms with van der Waals surface area (Å²) >= 11 is 2.07. The summed E-state index contributed by atoms with van der Waals surface area (Å²) < 4.78 is 6.12. The Morgan fingerprint density at radius 1 is 1.45 bits per heavy atom. The zero-order valence-corrected chi connectivity index (χ0v) is 13.8. The Bertz CT molecular complexity index is 362. The van der Waals surface area contributed by atoms with E-state index in [2.05, 4.69) is 37.0 Å². The van der Waals surface area contributed by atoms with Gasteiger partial charge in [0, 0.05) is 24.9 Å². The molecule has 1 N–H and O–H groups in total. The summed E-state index contributed by atoms with van der Waals surface area (Å²) in [5, 5.41) is 3.87. The Balaban J connectivity index is 1.53. The molecule has 2 fully saturated rings. The predicted molar refractivity (Wildman–Crippen MR) is 87.3 cm³/mol. The van der Waals surface area contributed by atoms with Gasteiger partial charge in [0.15, 0.2) is 0 Å². The molecular formula is C17H29NOS. The van der Waals surface area contributed by atoms with Crippen molar-refractivity contribution in [2.75, 3.05) is 24.7 Å². The molecule has 0 aromatic carbocycles. The van der Waals surface area contributed by atoms with Gasteiger partial charge < -0.3 is 10.1 Å². The number of nitrogens with one attached hydrogen (secondary N) is 1. The molecule has 1 spiro atoms. The molecule has 0 aromatic rings. The van der Waals surface area contributed by atoms with E-state index in [9.17, 15) is 0 Å². The van der Waals surface area contributed by atoms with Crippen molar-refractivity contribution in [3.8, 4) is 0 Å². The van der Waals surface area contributed by atoms with Crippen LogP contribution in [0.2, 0.25) is 0 Å². The van der Waals surface area contributed by atoms with E-state index < -0.39 is 0 Å². The molecule has 3 rings (SSSR count). The fourth-order valence-corrected chi connectivity index (χ4v) is 5.47. The van der Waals surface area contributed by atoms with Crippen LogP contribution in [0.4, 0.5) is 0 Å². The molecule has 0 amide bonds. The molecule has 2 nitrogen and oxygen atoms in total. The third-order valence-electron chi connectivity index (χ3n) is 5.55. The first kappa shape index (κ1) is 14.9. The summed E-state index contributed by atoms with van der Waals surface area (Å²) in [4.78, 5) is 0. The lowest BCUT2D eigenvalue weighted by Gasteiger charge is -2.39. The molecule has 20 heavy (non-hydrogen) atoms. The summed E-state index contributed by atoms with van der Waals surface area (Å²) in [5.74, 6) is 4.09. The lowest BCUT2D eigenvalue weighted by molar-refractivity contribution is -0.0704. The van der Waals surface area contributed by atoms with Crippen molar-refractivity contribution in [1.82, 2.24) is 5.32 Å². The molecule has 2 saturated heterocycles. The minimum atomic E-state index is 0.212. The molecule has 2 aliphatic heterocycles. The molecule has 4 atom stereocenters. The fourth-order valence-electron chi connectivity index (χ4n) is 4.10. The van der Waals surface area contributed by atoms with E-state index in [4.69, 9.17) is 4.74 Å². The van der Waals surface area contributed by atoms with Crippen LogP contribution in [0.1, 0.15) is 46.0 Å². The van der Waals surface area contributed by atoms with Crippen LogP contribution in [0.3, 0.4) is 0 Å². The third-order valence-corrected chi connectivity index (χ3v) is 6.77. The molecule has 0 bridgehead atoms. The minimum Gasteiger partial charge on any atom is -0.374 e. The maximum atomic E-state index is 6.12. The number of hydrogen-bond acceptors (Lipinski definition) is 3. The van der Waals surface area contributed by atoms with Crippen LogP contribution < -0.4 is 5.32 Å². The van der Waals surface area contributed by atoms with E-state index in [1.165, 1.54) is 43.6 Å².